The van der Waals surface area contributed by atoms with Crippen LogP contribution < -0.4 is 11.1 Å². The molecular formula is C11H21NOSi. The molecule has 2 nitrogen and oxygen atoms in total. The van der Waals surface area contributed by atoms with Crippen molar-refractivity contribution in [2.45, 2.75) is 45.8 Å². The molecule has 0 aliphatic rings. The van der Waals surface area contributed by atoms with Gasteiger partial charge in [0.15, 0.2) is 0 Å². The van der Waals surface area contributed by atoms with Crippen LogP contribution in [0.25, 0.3) is 0 Å². The molecule has 2 N–H and O–H groups in total. The van der Waals surface area contributed by atoms with E-state index < -0.39 is 8.07 Å². The molecule has 0 fully saturated rings. The first-order chi connectivity index (χ1) is 6.59. The number of hydrogen-bond donors (Lipinski definition) is 1. The zero-order valence-corrected chi connectivity index (χ0v) is 10.7. The third-order valence-corrected chi connectivity index (χ3v) is 8.86. The van der Waals surface area contributed by atoms with Crippen molar-refractivity contribution in [3.8, 4) is 0 Å². The lowest BCUT2D eigenvalue weighted by atomic mass is 10.4. The summed E-state index contributed by atoms with van der Waals surface area (Å²) >= 11 is 0. The summed E-state index contributed by atoms with van der Waals surface area (Å²) in [6.45, 7) is 8.76. The Morgan fingerprint density at radius 2 is 1.71 bits per heavy atom. The van der Waals surface area contributed by atoms with E-state index in [1.807, 2.05) is 6.92 Å². The Kier molecular flexibility index (Phi) is 3.42. The van der Waals surface area contributed by atoms with Crippen molar-refractivity contribution in [2.75, 3.05) is 5.73 Å². The third kappa shape index (κ3) is 1.73. The van der Waals surface area contributed by atoms with Gasteiger partial charge in [0.1, 0.15) is 13.8 Å². The summed E-state index contributed by atoms with van der Waals surface area (Å²) in [6.07, 6.45) is 0. The topological polar surface area (TPSA) is 39.2 Å². The van der Waals surface area contributed by atoms with Crippen LogP contribution in [0.2, 0.25) is 18.1 Å². The zero-order valence-electron chi connectivity index (χ0n) is 9.68. The van der Waals surface area contributed by atoms with E-state index in [1.54, 1.807) is 0 Å². The van der Waals surface area contributed by atoms with E-state index in [-0.39, 0.29) is 0 Å². The van der Waals surface area contributed by atoms with Gasteiger partial charge in [-0.3, -0.25) is 0 Å². The number of nitrogens with two attached hydrogens (primary N) is 1. The van der Waals surface area contributed by atoms with E-state index in [0.29, 0.717) is 0 Å². The lowest BCUT2D eigenvalue weighted by Crippen LogP contribution is -2.44. The van der Waals surface area contributed by atoms with Crippen LogP contribution in [0.1, 0.15) is 26.5 Å². The van der Waals surface area contributed by atoms with E-state index in [9.17, 15) is 0 Å². The van der Waals surface area contributed by atoms with E-state index in [1.165, 1.54) is 23.5 Å². The number of anilines is 1. The van der Waals surface area contributed by atoms with Gasteiger partial charge < -0.3 is 10.2 Å². The Hall–Kier alpha value is -0.703. The maximum absolute atomic E-state index is 5.83. The van der Waals surface area contributed by atoms with Crippen LogP contribution in [-0.2, 0) is 0 Å². The fraction of sp³-hybridized carbons (Fsp3) is 0.636. The van der Waals surface area contributed by atoms with Gasteiger partial charge in [-0.15, -0.1) is 0 Å². The Balaban J connectivity index is 3.10. The first kappa shape index (κ1) is 11.4. The summed E-state index contributed by atoms with van der Waals surface area (Å²) < 4.78 is 5.79. The highest BCUT2D eigenvalue weighted by Gasteiger charge is 2.33. The monoisotopic (exact) mass is 211 g/mol. The fourth-order valence-corrected chi connectivity index (χ4v) is 5.41. The Bertz CT molecular complexity index is 274. The Morgan fingerprint density at radius 3 is 2.00 bits per heavy atom. The fourth-order valence-electron chi connectivity index (χ4n) is 2.03. The van der Waals surface area contributed by atoms with Gasteiger partial charge in [0.2, 0.25) is 0 Å². The highest BCUT2D eigenvalue weighted by Crippen LogP contribution is 2.23. The van der Waals surface area contributed by atoms with E-state index >= 15 is 0 Å². The van der Waals surface area contributed by atoms with Crippen molar-refractivity contribution in [1.82, 2.24) is 0 Å². The number of nitrogen functional groups attached to an aromatic ring is 1. The third-order valence-electron chi connectivity index (χ3n) is 3.51. The van der Waals surface area contributed by atoms with Gasteiger partial charge in [0.25, 0.3) is 0 Å². The van der Waals surface area contributed by atoms with E-state index in [4.69, 9.17) is 10.2 Å². The molecule has 0 radical (unpaired) electrons. The number of hydrogen-bond acceptors (Lipinski definition) is 2. The van der Waals surface area contributed by atoms with Gasteiger partial charge in [0.05, 0.1) is 11.1 Å². The van der Waals surface area contributed by atoms with E-state index in [2.05, 4.69) is 26.8 Å². The van der Waals surface area contributed by atoms with Gasteiger partial charge in [-0.1, -0.05) is 38.9 Å². The van der Waals surface area contributed by atoms with Crippen molar-refractivity contribution < 1.29 is 4.42 Å². The van der Waals surface area contributed by atoms with Crippen LogP contribution in [0.5, 0.6) is 0 Å². The Morgan fingerprint density at radius 1 is 1.21 bits per heavy atom. The highest BCUT2D eigenvalue weighted by atomic mass is 28.3. The van der Waals surface area contributed by atoms with Crippen LogP contribution in [0, 0.1) is 6.92 Å². The first-order valence-electron chi connectivity index (χ1n) is 5.46. The molecule has 1 heterocycles. The summed E-state index contributed by atoms with van der Waals surface area (Å²) in [6, 6.07) is 5.78. The van der Waals surface area contributed by atoms with Crippen molar-refractivity contribution in [1.29, 1.82) is 0 Å². The summed E-state index contributed by atoms with van der Waals surface area (Å²) in [4.78, 5) is 0. The molecule has 0 aliphatic carbocycles. The first-order valence-corrected chi connectivity index (χ1v) is 8.08. The van der Waals surface area contributed by atoms with Crippen molar-refractivity contribution >= 4 is 19.1 Å². The molecule has 0 saturated heterocycles. The average molecular weight is 211 g/mol. The van der Waals surface area contributed by atoms with Crippen LogP contribution in [0.4, 0.5) is 5.69 Å². The van der Waals surface area contributed by atoms with Gasteiger partial charge in [-0.05, 0) is 13.0 Å². The molecule has 80 valence electrons. The second-order valence-electron chi connectivity index (χ2n) is 3.96. The van der Waals surface area contributed by atoms with Crippen molar-refractivity contribution in [3.63, 3.8) is 0 Å². The molecule has 1 aromatic rings. The normalized spacial score (nSPS) is 12.0. The molecule has 0 saturated carbocycles. The van der Waals surface area contributed by atoms with Crippen molar-refractivity contribution in [2.24, 2.45) is 0 Å². The molecule has 3 heteroatoms. The summed E-state index contributed by atoms with van der Waals surface area (Å²) in [7, 11) is -1.35. The quantitative estimate of drug-likeness (QED) is 0.778. The minimum Gasteiger partial charge on any atom is -0.469 e. The minimum atomic E-state index is -1.35. The van der Waals surface area contributed by atoms with Crippen LogP contribution in [0.15, 0.2) is 10.5 Å². The molecule has 0 unspecified atom stereocenters. The molecule has 0 atom stereocenters. The van der Waals surface area contributed by atoms with Crippen LogP contribution >= 0.6 is 0 Å². The molecule has 14 heavy (non-hydrogen) atoms. The molecule has 0 aliphatic heterocycles. The predicted molar refractivity (Wildman–Crippen MR) is 64.7 cm³/mol. The predicted octanol–water partition coefficient (Wildman–Crippen LogP) is 2.89. The lowest BCUT2D eigenvalue weighted by molar-refractivity contribution is 0.562. The van der Waals surface area contributed by atoms with Gasteiger partial charge in [-0.2, -0.15) is 0 Å². The smallest absolute Gasteiger partial charge is 0.131 e. The molecule has 0 bridgehead atoms. The van der Waals surface area contributed by atoms with Gasteiger partial charge in [0, 0.05) is 0 Å². The summed E-state index contributed by atoms with van der Waals surface area (Å²) in [5.41, 5.74) is 6.64. The van der Waals surface area contributed by atoms with Crippen molar-refractivity contribution in [3.05, 3.63) is 11.8 Å². The molecule has 0 amide bonds. The second kappa shape index (κ2) is 4.21. The van der Waals surface area contributed by atoms with Gasteiger partial charge in [-0.25, -0.2) is 0 Å². The molecule has 1 rings (SSSR count). The molecule has 0 aromatic carbocycles. The molecular weight excluding hydrogens is 190 g/mol. The Labute approximate surface area is 87.5 Å². The lowest BCUT2D eigenvalue weighted by Gasteiger charge is -2.24. The second-order valence-corrected chi connectivity index (χ2v) is 9.14. The van der Waals surface area contributed by atoms with E-state index in [0.717, 1.165) is 11.4 Å². The van der Waals surface area contributed by atoms with Gasteiger partial charge >= 0.3 is 0 Å². The molecule has 1 aromatic heterocycles. The minimum absolute atomic E-state index is 0.812. The average Bonchev–Trinajstić information content (AvgIpc) is 2.51. The molecule has 0 spiro atoms. The number of aryl methyl sites for hydroxylation is 1. The summed E-state index contributed by atoms with van der Waals surface area (Å²) in [5, 5.41) is 1.19. The largest absolute Gasteiger partial charge is 0.469 e. The van der Waals surface area contributed by atoms with Crippen LogP contribution in [0.3, 0.4) is 0 Å². The number of furan rings is 1. The summed E-state index contributed by atoms with van der Waals surface area (Å²) in [5.74, 6) is 0.882. The van der Waals surface area contributed by atoms with Crippen LogP contribution in [-0.4, -0.2) is 8.07 Å². The maximum atomic E-state index is 5.83. The zero-order chi connectivity index (χ0) is 10.8. The number of rotatable bonds is 4. The SMILES string of the molecule is CC[Si](CC)(CC)c1cc(N)c(C)o1. The standard InChI is InChI=1S/C11H21NOSi/c1-5-14(6-2,7-3)11-8-10(12)9(4)13-11/h8H,5-7,12H2,1-4H3. The maximum Gasteiger partial charge on any atom is 0.131 e. The highest BCUT2D eigenvalue weighted by molar-refractivity contribution is 6.90.